The van der Waals surface area contributed by atoms with E-state index in [-0.39, 0.29) is 29.9 Å². The third kappa shape index (κ3) is 6.33. The SMILES string of the molecule is CN=C(NCc1ccc(CN2CCCC2=O)cc1)N1CCN(c2cc(F)ccc2F)CC1.I. The second-order valence-corrected chi connectivity index (χ2v) is 8.21. The number of nitrogens with zero attached hydrogens (tertiary/aromatic N) is 4. The molecule has 33 heavy (non-hydrogen) atoms. The Morgan fingerprint density at radius 1 is 1.00 bits per heavy atom. The Morgan fingerprint density at radius 2 is 1.70 bits per heavy atom. The van der Waals surface area contributed by atoms with Crippen molar-refractivity contribution in [2.75, 3.05) is 44.7 Å². The van der Waals surface area contributed by atoms with Crippen molar-refractivity contribution in [2.45, 2.75) is 25.9 Å². The van der Waals surface area contributed by atoms with Crippen LogP contribution in [0.2, 0.25) is 0 Å². The molecule has 2 aromatic rings. The molecular formula is C24H30F2IN5O. The average Bonchev–Trinajstić information content (AvgIpc) is 3.21. The van der Waals surface area contributed by atoms with Crippen molar-refractivity contribution < 1.29 is 13.6 Å². The monoisotopic (exact) mass is 569 g/mol. The summed E-state index contributed by atoms with van der Waals surface area (Å²) < 4.78 is 27.6. The van der Waals surface area contributed by atoms with Gasteiger partial charge in [0, 0.05) is 65.3 Å². The number of aliphatic imine (C=N–C) groups is 1. The van der Waals surface area contributed by atoms with Gasteiger partial charge in [0.2, 0.25) is 5.91 Å². The molecule has 6 nitrogen and oxygen atoms in total. The largest absolute Gasteiger partial charge is 0.366 e. The summed E-state index contributed by atoms with van der Waals surface area (Å²) in [5.41, 5.74) is 2.57. The minimum absolute atomic E-state index is 0. The van der Waals surface area contributed by atoms with E-state index in [4.69, 9.17) is 0 Å². The topological polar surface area (TPSA) is 51.2 Å². The van der Waals surface area contributed by atoms with Crippen molar-refractivity contribution in [1.82, 2.24) is 15.1 Å². The average molecular weight is 569 g/mol. The third-order valence-corrected chi connectivity index (χ3v) is 6.06. The van der Waals surface area contributed by atoms with E-state index in [1.807, 2.05) is 9.80 Å². The second-order valence-electron chi connectivity index (χ2n) is 8.21. The number of nitrogens with one attached hydrogen (secondary N) is 1. The molecule has 0 radical (unpaired) electrons. The zero-order valence-corrected chi connectivity index (χ0v) is 21.1. The summed E-state index contributed by atoms with van der Waals surface area (Å²) in [5.74, 6) is 0.190. The lowest BCUT2D eigenvalue weighted by Gasteiger charge is -2.37. The lowest BCUT2D eigenvalue weighted by atomic mass is 10.1. The summed E-state index contributed by atoms with van der Waals surface area (Å²) >= 11 is 0. The first kappa shape index (κ1) is 25.2. The van der Waals surface area contributed by atoms with Gasteiger partial charge in [-0.2, -0.15) is 0 Å². The molecule has 0 spiro atoms. The van der Waals surface area contributed by atoms with E-state index in [9.17, 15) is 13.6 Å². The van der Waals surface area contributed by atoms with E-state index in [0.717, 1.165) is 36.1 Å². The van der Waals surface area contributed by atoms with Gasteiger partial charge in [0.1, 0.15) is 11.6 Å². The molecule has 0 bridgehead atoms. The fourth-order valence-corrected chi connectivity index (χ4v) is 4.25. The van der Waals surface area contributed by atoms with Crippen LogP contribution in [0.15, 0.2) is 47.5 Å². The molecule has 2 aliphatic heterocycles. The number of carbonyl (C=O) groups excluding carboxylic acids is 1. The van der Waals surface area contributed by atoms with Crippen LogP contribution in [0, 0.1) is 11.6 Å². The lowest BCUT2D eigenvalue weighted by molar-refractivity contribution is -0.128. The van der Waals surface area contributed by atoms with Crippen LogP contribution in [0.3, 0.4) is 0 Å². The smallest absolute Gasteiger partial charge is 0.222 e. The molecule has 0 aliphatic carbocycles. The van der Waals surface area contributed by atoms with Crippen LogP contribution in [-0.4, -0.2) is 61.4 Å². The van der Waals surface area contributed by atoms with Crippen LogP contribution < -0.4 is 10.2 Å². The number of carbonyl (C=O) groups is 1. The zero-order valence-electron chi connectivity index (χ0n) is 18.8. The van der Waals surface area contributed by atoms with Crippen molar-refractivity contribution in [1.29, 1.82) is 0 Å². The molecular weight excluding hydrogens is 539 g/mol. The molecule has 1 amide bonds. The van der Waals surface area contributed by atoms with Gasteiger partial charge < -0.3 is 20.0 Å². The Morgan fingerprint density at radius 3 is 2.33 bits per heavy atom. The summed E-state index contributed by atoms with van der Waals surface area (Å²) in [4.78, 5) is 22.1. The number of guanidine groups is 1. The molecule has 0 aromatic heterocycles. The number of hydrogen-bond donors (Lipinski definition) is 1. The Balaban J connectivity index is 0.00000306. The van der Waals surface area contributed by atoms with Gasteiger partial charge in [-0.1, -0.05) is 24.3 Å². The Kier molecular flexibility index (Phi) is 8.87. The van der Waals surface area contributed by atoms with E-state index in [0.29, 0.717) is 51.4 Å². The van der Waals surface area contributed by atoms with Crippen LogP contribution in [0.4, 0.5) is 14.5 Å². The number of benzene rings is 2. The highest BCUT2D eigenvalue weighted by Crippen LogP contribution is 2.22. The van der Waals surface area contributed by atoms with Gasteiger partial charge in [0.15, 0.2) is 5.96 Å². The summed E-state index contributed by atoms with van der Waals surface area (Å²) in [5, 5.41) is 3.39. The molecule has 178 valence electrons. The number of halogens is 3. The Bertz CT molecular complexity index is 977. The normalized spacial score (nSPS) is 16.8. The van der Waals surface area contributed by atoms with Gasteiger partial charge in [-0.15, -0.1) is 24.0 Å². The van der Waals surface area contributed by atoms with Gasteiger partial charge in [-0.3, -0.25) is 9.79 Å². The van der Waals surface area contributed by atoms with Crippen LogP contribution >= 0.6 is 24.0 Å². The molecule has 1 N–H and O–H groups in total. The van der Waals surface area contributed by atoms with Crippen LogP contribution in [0.25, 0.3) is 0 Å². The molecule has 4 rings (SSSR count). The number of anilines is 1. The zero-order chi connectivity index (χ0) is 22.5. The van der Waals surface area contributed by atoms with Crippen LogP contribution in [0.1, 0.15) is 24.0 Å². The van der Waals surface area contributed by atoms with Gasteiger partial charge >= 0.3 is 0 Å². The lowest BCUT2D eigenvalue weighted by Crippen LogP contribution is -2.52. The summed E-state index contributed by atoms with van der Waals surface area (Å²) in [6.07, 6.45) is 1.61. The molecule has 0 unspecified atom stereocenters. The van der Waals surface area contributed by atoms with Crippen molar-refractivity contribution in [3.8, 4) is 0 Å². The maximum Gasteiger partial charge on any atom is 0.222 e. The van der Waals surface area contributed by atoms with Crippen LogP contribution in [-0.2, 0) is 17.9 Å². The quantitative estimate of drug-likeness (QED) is 0.340. The highest BCUT2D eigenvalue weighted by atomic mass is 127. The first-order valence-electron chi connectivity index (χ1n) is 11.0. The molecule has 2 aromatic carbocycles. The number of piperazine rings is 1. The fourth-order valence-electron chi connectivity index (χ4n) is 4.25. The number of likely N-dealkylation sites (tertiary alicyclic amines) is 1. The van der Waals surface area contributed by atoms with Gasteiger partial charge in [-0.25, -0.2) is 8.78 Å². The molecule has 9 heteroatoms. The number of amides is 1. The van der Waals surface area contributed by atoms with E-state index in [1.54, 1.807) is 7.05 Å². The first-order valence-corrected chi connectivity index (χ1v) is 11.0. The van der Waals surface area contributed by atoms with E-state index >= 15 is 0 Å². The molecule has 2 heterocycles. The van der Waals surface area contributed by atoms with Crippen molar-refractivity contribution in [3.05, 3.63) is 65.2 Å². The van der Waals surface area contributed by atoms with Gasteiger partial charge in [-0.05, 0) is 29.7 Å². The maximum atomic E-state index is 14.1. The van der Waals surface area contributed by atoms with Gasteiger partial charge in [0.25, 0.3) is 0 Å². The van der Waals surface area contributed by atoms with Crippen molar-refractivity contribution >= 4 is 41.5 Å². The molecule has 0 saturated carbocycles. The summed E-state index contributed by atoms with van der Waals surface area (Å²) in [6, 6.07) is 11.8. The number of hydrogen-bond acceptors (Lipinski definition) is 3. The molecule has 2 fully saturated rings. The predicted molar refractivity (Wildman–Crippen MR) is 137 cm³/mol. The van der Waals surface area contributed by atoms with E-state index < -0.39 is 11.6 Å². The van der Waals surface area contributed by atoms with E-state index in [2.05, 4.69) is 39.5 Å². The highest BCUT2D eigenvalue weighted by molar-refractivity contribution is 14.0. The van der Waals surface area contributed by atoms with E-state index in [1.165, 1.54) is 12.1 Å². The second kappa shape index (κ2) is 11.6. The molecule has 2 aliphatic rings. The maximum absolute atomic E-state index is 14.1. The van der Waals surface area contributed by atoms with Crippen molar-refractivity contribution in [2.24, 2.45) is 4.99 Å². The fraction of sp³-hybridized carbons (Fsp3) is 0.417. The summed E-state index contributed by atoms with van der Waals surface area (Å²) in [6.45, 7) is 4.66. The minimum atomic E-state index is -0.431. The molecule has 0 atom stereocenters. The minimum Gasteiger partial charge on any atom is -0.366 e. The first-order chi connectivity index (χ1) is 15.5. The Labute approximate surface area is 210 Å². The highest BCUT2D eigenvalue weighted by Gasteiger charge is 2.22. The van der Waals surface area contributed by atoms with Crippen LogP contribution in [0.5, 0.6) is 0 Å². The van der Waals surface area contributed by atoms with Crippen molar-refractivity contribution in [3.63, 3.8) is 0 Å². The number of rotatable bonds is 5. The standard InChI is InChI=1S/C24H29F2N5O.HI/c1-27-24(30-13-11-29(12-14-30)22-15-20(25)8-9-21(22)26)28-16-18-4-6-19(7-5-18)17-31-10-2-3-23(31)32;/h4-9,15H,2-3,10-14,16-17H2,1H3,(H,27,28);1H. The van der Waals surface area contributed by atoms with Gasteiger partial charge in [0.05, 0.1) is 5.69 Å². The molecule has 2 saturated heterocycles. The predicted octanol–water partition coefficient (Wildman–Crippen LogP) is 3.60. The summed E-state index contributed by atoms with van der Waals surface area (Å²) in [7, 11) is 1.75. The third-order valence-electron chi connectivity index (χ3n) is 6.06. The Hall–Kier alpha value is -2.43.